The van der Waals surface area contributed by atoms with Crippen LogP contribution in [0.15, 0.2) is 72.8 Å². The first-order valence-electron chi connectivity index (χ1n) is 8.53. The highest BCUT2D eigenvalue weighted by atomic mass is 16.5. The fraction of sp³-hybridized carbons (Fsp3) is 0.0476. The lowest BCUT2D eigenvalue weighted by Gasteiger charge is -2.09. The molecule has 0 radical (unpaired) electrons. The number of nitrogens with zero attached hydrogens (tertiary/aromatic N) is 1. The number of hydrogen-bond acceptors (Lipinski definition) is 3. The van der Waals surface area contributed by atoms with Crippen LogP contribution in [0.1, 0.15) is 5.82 Å². The number of aromatic nitrogens is 2. The summed E-state index contributed by atoms with van der Waals surface area (Å²) in [6.07, 6.45) is 0. The Labute approximate surface area is 156 Å². The second-order valence-electron chi connectivity index (χ2n) is 6.07. The maximum absolute atomic E-state index is 12.2. The smallest absolute Gasteiger partial charge is 0.323 e. The van der Waals surface area contributed by atoms with Crippen LogP contribution < -0.4 is 15.4 Å². The Kier molecular flexibility index (Phi) is 4.45. The zero-order valence-corrected chi connectivity index (χ0v) is 14.7. The number of H-pyrrole nitrogens is 1. The average molecular weight is 358 g/mol. The van der Waals surface area contributed by atoms with E-state index in [1.165, 1.54) is 0 Å². The Balaban J connectivity index is 1.38. The molecule has 3 aromatic carbocycles. The summed E-state index contributed by atoms with van der Waals surface area (Å²) < 4.78 is 5.74. The van der Waals surface area contributed by atoms with Gasteiger partial charge in [-0.3, -0.25) is 0 Å². The van der Waals surface area contributed by atoms with Crippen LogP contribution in [0.25, 0.3) is 11.0 Å². The van der Waals surface area contributed by atoms with E-state index in [0.29, 0.717) is 17.1 Å². The number of rotatable bonds is 4. The van der Waals surface area contributed by atoms with Crippen molar-refractivity contribution in [1.82, 2.24) is 9.97 Å². The third-order valence-electron chi connectivity index (χ3n) is 3.95. The van der Waals surface area contributed by atoms with Crippen LogP contribution in [-0.2, 0) is 0 Å². The van der Waals surface area contributed by atoms with Crippen molar-refractivity contribution in [2.75, 3.05) is 10.6 Å². The molecular formula is C21H18N4O2. The number of aromatic amines is 1. The number of anilines is 2. The quantitative estimate of drug-likeness (QED) is 0.463. The maximum Gasteiger partial charge on any atom is 0.323 e. The van der Waals surface area contributed by atoms with Crippen LogP contribution in [0.5, 0.6) is 11.5 Å². The van der Waals surface area contributed by atoms with E-state index in [0.717, 1.165) is 22.6 Å². The van der Waals surface area contributed by atoms with Crippen LogP contribution in [0.4, 0.5) is 16.2 Å². The number of benzene rings is 3. The summed E-state index contributed by atoms with van der Waals surface area (Å²) in [5.74, 6) is 2.30. The minimum Gasteiger partial charge on any atom is -0.457 e. The topological polar surface area (TPSA) is 79.0 Å². The van der Waals surface area contributed by atoms with Crippen molar-refractivity contribution in [3.63, 3.8) is 0 Å². The lowest BCUT2D eigenvalue weighted by Crippen LogP contribution is -2.19. The van der Waals surface area contributed by atoms with Gasteiger partial charge in [-0.25, -0.2) is 9.78 Å². The molecule has 0 aliphatic rings. The predicted octanol–water partition coefficient (Wildman–Crippen LogP) is 5.31. The molecule has 2 amide bonds. The molecule has 0 aliphatic carbocycles. The van der Waals surface area contributed by atoms with E-state index in [1.807, 2.05) is 67.6 Å². The van der Waals surface area contributed by atoms with Crippen LogP contribution in [0.2, 0.25) is 0 Å². The SMILES string of the molecule is Cc1nc2ccc(NC(=O)Nc3ccc(Oc4ccccc4)cc3)cc2[nH]1. The molecule has 0 unspecified atom stereocenters. The Morgan fingerprint density at radius 3 is 2.33 bits per heavy atom. The fourth-order valence-corrected chi connectivity index (χ4v) is 2.74. The Morgan fingerprint density at radius 2 is 1.56 bits per heavy atom. The Morgan fingerprint density at radius 1 is 0.889 bits per heavy atom. The molecule has 4 aromatic rings. The third kappa shape index (κ3) is 4.07. The summed E-state index contributed by atoms with van der Waals surface area (Å²) in [6, 6.07) is 22.0. The van der Waals surface area contributed by atoms with Gasteiger partial charge in [-0.1, -0.05) is 18.2 Å². The van der Waals surface area contributed by atoms with E-state index >= 15 is 0 Å². The minimum absolute atomic E-state index is 0.317. The Bertz CT molecular complexity index is 1070. The maximum atomic E-state index is 12.2. The van der Waals surface area contributed by atoms with E-state index in [1.54, 1.807) is 12.1 Å². The molecule has 0 atom stereocenters. The molecule has 0 fully saturated rings. The monoisotopic (exact) mass is 358 g/mol. The third-order valence-corrected chi connectivity index (χ3v) is 3.95. The summed E-state index contributed by atoms with van der Waals surface area (Å²) in [5.41, 5.74) is 3.11. The number of carbonyl (C=O) groups is 1. The zero-order chi connectivity index (χ0) is 18.6. The van der Waals surface area contributed by atoms with Gasteiger partial charge in [0.15, 0.2) is 0 Å². The van der Waals surface area contributed by atoms with Crippen molar-refractivity contribution in [2.24, 2.45) is 0 Å². The van der Waals surface area contributed by atoms with E-state index in [-0.39, 0.29) is 6.03 Å². The molecule has 1 heterocycles. The first-order chi connectivity index (χ1) is 13.2. The average Bonchev–Trinajstić information content (AvgIpc) is 3.03. The standard InChI is InChI=1S/C21H18N4O2/c1-14-22-19-12-9-16(13-20(19)23-14)25-21(26)24-15-7-10-18(11-8-15)27-17-5-3-2-4-6-17/h2-13H,1H3,(H,22,23)(H2,24,25,26). The molecule has 0 bridgehead atoms. The summed E-state index contributed by atoms with van der Waals surface area (Å²) in [4.78, 5) is 19.7. The van der Waals surface area contributed by atoms with Crippen LogP contribution in [-0.4, -0.2) is 16.0 Å². The van der Waals surface area contributed by atoms with Gasteiger partial charge in [-0.05, 0) is 61.5 Å². The summed E-state index contributed by atoms with van der Waals surface area (Å²) >= 11 is 0. The number of urea groups is 1. The number of imidazole rings is 1. The lowest BCUT2D eigenvalue weighted by molar-refractivity contribution is 0.262. The first-order valence-corrected chi connectivity index (χ1v) is 8.53. The van der Waals surface area contributed by atoms with Gasteiger partial charge in [0.2, 0.25) is 0 Å². The number of carbonyl (C=O) groups excluding carboxylic acids is 1. The second-order valence-corrected chi connectivity index (χ2v) is 6.07. The fourth-order valence-electron chi connectivity index (χ4n) is 2.74. The van der Waals surface area contributed by atoms with Gasteiger partial charge in [-0.15, -0.1) is 0 Å². The van der Waals surface area contributed by atoms with Crippen molar-refractivity contribution in [3.8, 4) is 11.5 Å². The number of aryl methyl sites for hydroxylation is 1. The van der Waals surface area contributed by atoms with Crippen molar-refractivity contribution in [3.05, 3.63) is 78.6 Å². The molecule has 6 nitrogen and oxygen atoms in total. The number of fused-ring (bicyclic) bond motifs is 1. The van der Waals surface area contributed by atoms with Crippen LogP contribution >= 0.6 is 0 Å². The van der Waals surface area contributed by atoms with Crippen molar-refractivity contribution in [1.29, 1.82) is 0 Å². The van der Waals surface area contributed by atoms with Crippen LogP contribution in [0.3, 0.4) is 0 Å². The number of hydrogen-bond donors (Lipinski definition) is 3. The van der Waals surface area contributed by atoms with E-state index < -0.39 is 0 Å². The van der Waals surface area contributed by atoms with Gasteiger partial charge >= 0.3 is 6.03 Å². The lowest BCUT2D eigenvalue weighted by atomic mass is 10.3. The number of nitrogens with one attached hydrogen (secondary N) is 3. The van der Waals surface area contributed by atoms with Gasteiger partial charge in [0.1, 0.15) is 17.3 Å². The molecule has 1 aromatic heterocycles. The molecule has 134 valence electrons. The largest absolute Gasteiger partial charge is 0.457 e. The highest BCUT2D eigenvalue weighted by Crippen LogP contribution is 2.23. The van der Waals surface area contributed by atoms with Crippen LogP contribution in [0, 0.1) is 6.92 Å². The van der Waals surface area contributed by atoms with Gasteiger partial charge < -0.3 is 20.4 Å². The number of ether oxygens (including phenoxy) is 1. The summed E-state index contributed by atoms with van der Waals surface area (Å²) in [6.45, 7) is 1.89. The van der Waals surface area contributed by atoms with Crippen molar-refractivity contribution < 1.29 is 9.53 Å². The summed E-state index contributed by atoms with van der Waals surface area (Å²) in [5, 5.41) is 5.62. The van der Waals surface area contributed by atoms with Crippen molar-refractivity contribution >= 4 is 28.4 Å². The molecule has 4 rings (SSSR count). The zero-order valence-electron chi connectivity index (χ0n) is 14.7. The van der Waals surface area contributed by atoms with Gasteiger partial charge in [0, 0.05) is 11.4 Å². The normalized spacial score (nSPS) is 10.6. The van der Waals surface area contributed by atoms with E-state index in [4.69, 9.17) is 4.74 Å². The molecule has 27 heavy (non-hydrogen) atoms. The Hall–Kier alpha value is -3.80. The van der Waals surface area contributed by atoms with E-state index in [9.17, 15) is 4.79 Å². The molecule has 0 aliphatic heterocycles. The van der Waals surface area contributed by atoms with Gasteiger partial charge in [-0.2, -0.15) is 0 Å². The molecule has 0 spiro atoms. The molecule has 3 N–H and O–H groups in total. The van der Waals surface area contributed by atoms with Crippen molar-refractivity contribution in [2.45, 2.75) is 6.92 Å². The first kappa shape index (κ1) is 16.7. The molecule has 6 heteroatoms. The predicted molar refractivity (Wildman–Crippen MR) is 106 cm³/mol. The second kappa shape index (κ2) is 7.21. The molecule has 0 saturated heterocycles. The number of amides is 2. The minimum atomic E-state index is -0.317. The summed E-state index contributed by atoms with van der Waals surface area (Å²) in [7, 11) is 0. The molecular weight excluding hydrogens is 340 g/mol. The van der Waals surface area contributed by atoms with Gasteiger partial charge in [0.05, 0.1) is 11.0 Å². The van der Waals surface area contributed by atoms with Gasteiger partial charge in [0.25, 0.3) is 0 Å². The highest BCUT2D eigenvalue weighted by molar-refractivity contribution is 6.00. The number of para-hydroxylation sites is 1. The molecule has 0 saturated carbocycles. The highest BCUT2D eigenvalue weighted by Gasteiger charge is 2.06. The van der Waals surface area contributed by atoms with E-state index in [2.05, 4.69) is 20.6 Å².